The molecule has 2 aromatic heterocycles. The third-order valence-electron chi connectivity index (χ3n) is 5.52. The minimum Gasteiger partial charge on any atom is -0.327 e. The van der Waals surface area contributed by atoms with E-state index in [9.17, 15) is 26.7 Å². The first-order chi connectivity index (χ1) is 15.5. The summed E-state index contributed by atoms with van der Waals surface area (Å²) in [5.41, 5.74) is 4.44. The topological polar surface area (TPSA) is 89.1 Å². The number of halogens is 5. The summed E-state index contributed by atoms with van der Waals surface area (Å²) in [5, 5.41) is 2.81. The monoisotopic (exact) mass is 466 g/mol. The maximum absolute atomic E-state index is 14.0. The lowest BCUT2D eigenvalue weighted by molar-refractivity contribution is -0.137. The Morgan fingerprint density at radius 1 is 1.06 bits per heavy atom. The number of aromatic nitrogens is 3. The number of amides is 1. The Kier molecular flexibility index (Phi) is 5.56. The minimum absolute atomic E-state index is 0.00413. The Balaban J connectivity index is 1.91. The van der Waals surface area contributed by atoms with E-state index in [0.29, 0.717) is 12.0 Å². The summed E-state index contributed by atoms with van der Waals surface area (Å²) < 4.78 is 70.2. The zero-order valence-corrected chi connectivity index (χ0v) is 17.6. The number of benzene rings is 1. The fourth-order valence-corrected chi connectivity index (χ4v) is 3.91. The van der Waals surface area contributed by atoms with Crippen molar-refractivity contribution in [2.24, 2.45) is 5.73 Å². The quantitative estimate of drug-likeness (QED) is 0.455. The van der Waals surface area contributed by atoms with Crippen molar-refractivity contribution < 1.29 is 26.7 Å². The smallest absolute Gasteiger partial charge is 0.237 e. The highest BCUT2D eigenvalue weighted by atomic mass is 19.2. The van der Waals surface area contributed by atoms with Crippen LogP contribution in [0.2, 0.25) is 0 Å². The molecular weight excluding hydrogens is 447 g/mol. The van der Waals surface area contributed by atoms with Crippen LogP contribution in [0.4, 0.5) is 33.6 Å². The standard InChI is InChI=1S/C21H19F5N6O/c1-21(2)20-30-18(10-5-12(23)17(26)13(24)6-10)19(29-15-7-11(22)14(25)9-28-15)31(20)3-4-32(21)16(33)8-27/h5-7,9H,3-4,8,27H2,1-2H3,(H,28,29). The van der Waals surface area contributed by atoms with E-state index >= 15 is 0 Å². The Hall–Kier alpha value is -3.54. The number of anilines is 2. The van der Waals surface area contributed by atoms with Crippen LogP contribution in [-0.2, 0) is 16.9 Å². The van der Waals surface area contributed by atoms with Gasteiger partial charge in [0.05, 0.1) is 18.3 Å². The van der Waals surface area contributed by atoms with E-state index in [1.165, 1.54) is 4.90 Å². The Bertz CT molecular complexity index is 1240. The Morgan fingerprint density at radius 3 is 2.33 bits per heavy atom. The number of fused-ring (bicyclic) bond motifs is 1. The molecule has 1 aromatic carbocycles. The highest BCUT2D eigenvalue weighted by molar-refractivity contribution is 5.80. The molecule has 0 bridgehead atoms. The molecule has 0 atom stereocenters. The normalized spacial score (nSPS) is 14.8. The molecule has 4 rings (SSSR count). The van der Waals surface area contributed by atoms with Gasteiger partial charge in [0.2, 0.25) is 5.91 Å². The number of nitrogens with two attached hydrogens (primary N) is 1. The number of rotatable bonds is 4. The van der Waals surface area contributed by atoms with Gasteiger partial charge in [-0.25, -0.2) is 31.9 Å². The molecule has 0 fully saturated rings. The second-order valence-corrected chi connectivity index (χ2v) is 7.96. The molecule has 0 spiro atoms. The van der Waals surface area contributed by atoms with Crippen LogP contribution < -0.4 is 11.1 Å². The molecule has 3 heterocycles. The molecule has 7 nitrogen and oxygen atoms in total. The van der Waals surface area contributed by atoms with E-state index in [2.05, 4.69) is 15.3 Å². The molecule has 1 aliphatic rings. The van der Waals surface area contributed by atoms with E-state index in [1.807, 2.05) is 0 Å². The van der Waals surface area contributed by atoms with Crippen molar-refractivity contribution in [1.29, 1.82) is 0 Å². The maximum Gasteiger partial charge on any atom is 0.237 e. The lowest BCUT2D eigenvalue weighted by Gasteiger charge is -2.42. The van der Waals surface area contributed by atoms with E-state index < -0.39 is 34.6 Å². The van der Waals surface area contributed by atoms with Gasteiger partial charge in [0.15, 0.2) is 29.1 Å². The number of hydrogen-bond acceptors (Lipinski definition) is 5. The largest absolute Gasteiger partial charge is 0.327 e. The van der Waals surface area contributed by atoms with Gasteiger partial charge in [-0.2, -0.15) is 0 Å². The molecule has 0 saturated carbocycles. The number of carbonyl (C=O) groups excluding carboxylic acids is 1. The number of carbonyl (C=O) groups is 1. The molecule has 174 valence electrons. The van der Waals surface area contributed by atoms with Crippen molar-refractivity contribution in [2.75, 3.05) is 18.4 Å². The van der Waals surface area contributed by atoms with Gasteiger partial charge in [-0.3, -0.25) is 4.79 Å². The van der Waals surface area contributed by atoms with Crippen LogP contribution in [0, 0.1) is 29.1 Å². The minimum atomic E-state index is -1.64. The number of nitrogens with zero attached hydrogens (tertiary/aromatic N) is 4. The molecule has 1 amide bonds. The van der Waals surface area contributed by atoms with Gasteiger partial charge in [0.25, 0.3) is 0 Å². The van der Waals surface area contributed by atoms with Crippen LogP contribution in [0.1, 0.15) is 19.7 Å². The lowest BCUT2D eigenvalue weighted by atomic mass is 9.99. The first-order valence-corrected chi connectivity index (χ1v) is 9.89. The van der Waals surface area contributed by atoms with E-state index in [4.69, 9.17) is 5.73 Å². The summed E-state index contributed by atoms with van der Waals surface area (Å²) in [7, 11) is 0. The highest BCUT2D eigenvalue weighted by Crippen LogP contribution is 2.40. The molecule has 0 radical (unpaired) electrons. The summed E-state index contributed by atoms with van der Waals surface area (Å²) in [4.78, 5) is 22.2. The van der Waals surface area contributed by atoms with Gasteiger partial charge in [0, 0.05) is 24.7 Å². The van der Waals surface area contributed by atoms with Crippen LogP contribution in [0.3, 0.4) is 0 Å². The maximum atomic E-state index is 14.0. The highest BCUT2D eigenvalue weighted by Gasteiger charge is 2.41. The Morgan fingerprint density at radius 2 is 1.73 bits per heavy atom. The molecule has 3 aromatic rings. The first-order valence-electron chi connectivity index (χ1n) is 9.89. The number of imidazole rings is 1. The summed E-state index contributed by atoms with van der Waals surface area (Å²) >= 11 is 0. The van der Waals surface area contributed by atoms with Crippen LogP contribution in [0.15, 0.2) is 24.4 Å². The summed E-state index contributed by atoms with van der Waals surface area (Å²) in [6.45, 7) is 3.64. The van der Waals surface area contributed by atoms with Crippen molar-refractivity contribution in [3.05, 3.63) is 59.3 Å². The lowest BCUT2D eigenvalue weighted by Crippen LogP contribution is -2.53. The van der Waals surface area contributed by atoms with Crippen molar-refractivity contribution >= 4 is 17.5 Å². The summed E-state index contributed by atoms with van der Waals surface area (Å²) in [5.74, 6) is -6.74. The molecule has 12 heteroatoms. The molecule has 0 unspecified atom stereocenters. The van der Waals surface area contributed by atoms with Gasteiger partial charge in [-0.05, 0) is 26.0 Å². The third kappa shape index (κ3) is 3.80. The van der Waals surface area contributed by atoms with E-state index in [1.54, 1.807) is 18.4 Å². The summed E-state index contributed by atoms with van der Waals surface area (Å²) in [6.07, 6.45) is 0.674. The van der Waals surface area contributed by atoms with Gasteiger partial charge in [0.1, 0.15) is 23.2 Å². The van der Waals surface area contributed by atoms with E-state index in [-0.39, 0.29) is 48.4 Å². The Labute approximate surface area is 185 Å². The molecular formula is C21H19F5N6O. The summed E-state index contributed by atoms with van der Waals surface area (Å²) in [6, 6.07) is 2.35. The van der Waals surface area contributed by atoms with Gasteiger partial charge in [-0.1, -0.05) is 0 Å². The molecule has 0 saturated heterocycles. The van der Waals surface area contributed by atoms with Crippen molar-refractivity contribution in [3.8, 4) is 11.3 Å². The number of pyridine rings is 1. The van der Waals surface area contributed by atoms with Crippen LogP contribution >= 0.6 is 0 Å². The molecule has 0 aliphatic carbocycles. The van der Waals surface area contributed by atoms with Crippen LogP contribution in [0.25, 0.3) is 11.3 Å². The van der Waals surface area contributed by atoms with Gasteiger partial charge in [-0.15, -0.1) is 0 Å². The zero-order chi connectivity index (χ0) is 24.1. The van der Waals surface area contributed by atoms with Crippen molar-refractivity contribution in [3.63, 3.8) is 0 Å². The number of nitrogens with one attached hydrogen (secondary N) is 1. The fourth-order valence-electron chi connectivity index (χ4n) is 3.91. The average Bonchev–Trinajstić information content (AvgIpc) is 3.13. The fraction of sp³-hybridized carbons (Fsp3) is 0.286. The molecule has 3 N–H and O–H groups in total. The number of hydrogen-bond donors (Lipinski definition) is 2. The molecule has 33 heavy (non-hydrogen) atoms. The van der Waals surface area contributed by atoms with Gasteiger partial charge >= 0.3 is 0 Å². The van der Waals surface area contributed by atoms with Crippen molar-refractivity contribution in [1.82, 2.24) is 19.4 Å². The van der Waals surface area contributed by atoms with Crippen LogP contribution in [-0.4, -0.2) is 38.4 Å². The average molecular weight is 466 g/mol. The van der Waals surface area contributed by atoms with Crippen LogP contribution in [0.5, 0.6) is 0 Å². The predicted octanol–water partition coefficient (Wildman–Crippen LogP) is 3.42. The zero-order valence-electron chi connectivity index (χ0n) is 17.6. The SMILES string of the molecule is CC1(C)c2nc(-c3cc(F)c(F)c(F)c3)c(Nc3cc(F)c(F)cn3)n2CCN1C(=O)CN. The predicted molar refractivity (Wildman–Crippen MR) is 109 cm³/mol. The van der Waals surface area contributed by atoms with Gasteiger partial charge < -0.3 is 20.5 Å². The third-order valence-corrected chi connectivity index (χ3v) is 5.52. The molecule has 1 aliphatic heterocycles. The van der Waals surface area contributed by atoms with E-state index in [0.717, 1.165) is 18.2 Å². The second-order valence-electron chi connectivity index (χ2n) is 7.96. The van der Waals surface area contributed by atoms with Crippen molar-refractivity contribution in [2.45, 2.75) is 25.9 Å². The first kappa shape index (κ1) is 22.6. The second kappa shape index (κ2) is 8.10.